The molecule has 0 saturated carbocycles. The van der Waals surface area contributed by atoms with Crippen molar-refractivity contribution in [2.75, 3.05) is 19.6 Å². The zero-order valence-corrected chi connectivity index (χ0v) is 15.0. The van der Waals surface area contributed by atoms with E-state index in [1.54, 1.807) is 15.8 Å². The number of nitrogens with two attached hydrogens (primary N) is 1. The maximum atomic E-state index is 12.6. The molecule has 3 rings (SSSR count). The molecule has 2 aromatic rings. The third kappa shape index (κ3) is 4.29. The monoisotopic (exact) mass is 355 g/mol. The number of amides is 2. The lowest BCUT2D eigenvalue weighted by atomic mass is 10.1. The second-order valence-corrected chi connectivity index (χ2v) is 6.67. The van der Waals surface area contributed by atoms with E-state index in [2.05, 4.69) is 22.1 Å². The lowest BCUT2D eigenvalue weighted by Crippen LogP contribution is -2.59. The summed E-state index contributed by atoms with van der Waals surface area (Å²) in [6, 6.07) is 11.4. The zero-order chi connectivity index (χ0) is 18.5. The number of rotatable bonds is 6. The first-order chi connectivity index (χ1) is 12.5. The number of aromatic nitrogens is 2. The standard InChI is InChI=1S/C19H25N5O2/c1-15-7-9-21-24(15)10-8-18(25)23-12-11-22(14-17(23)19(20)26)13-16-5-3-2-4-6-16/h2-7,9,17H,8,10-14H2,1H3,(H2,20,26). The molecule has 7 nitrogen and oxygen atoms in total. The van der Waals surface area contributed by atoms with Crippen LogP contribution in [0, 0.1) is 6.92 Å². The Hall–Kier alpha value is -2.67. The highest BCUT2D eigenvalue weighted by Crippen LogP contribution is 2.15. The van der Waals surface area contributed by atoms with Gasteiger partial charge >= 0.3 is 0 Å². The van der Waals surface area contributed by atoms with Gasteiger partial charge in [-0.25, -0.2) is 0 Å². The number of nitrogens with zero attached hydrogens (tertiary/aromatic N) is 4. The van der Waals surface area contributed by atoms with Crippen LogP contribution in [0.3, 0.4) is 0 Å². The molecule has 0 spiro atoms. The number of hydrogen-bond donors (Lipinski definition) is 1. The van der Waals surface area contributed by atoms with Gasteiger partial charge in [0, 0.05) is 51.0 Å². The van der Waals surface area contributed by atoms with Gasteiger partial charge in [0.25, 0.3) is 0 Å². The predicted octanol–water partition coefficient (Wildman–Crippen LogP) is 0.780. The fourth-order valence-electron chi connectivity index (χ4n) is 3.34. The zero-order valence-electron chi connectivity index (χ0n) is 15.0. The van der Waals surface area contributed by atoms with Gasteiger partial charge in [0.15, 0.2) is 0 Å². The molecule has 1 saturated heterocycles. The second kappa shape index (κ2) is 8.14. The Labute approximate surface area is 153 Å². The third-order valence-corrected chi connectivity index (χ3v) is 4.83. The van der Waals surface area contributed by atoms with Crippen LogP contribution in [0.5, 0.6) is 0 Å². The van der Waals surface area contributed by atoms with Gasteiger partial charge in [-0.2, -0.15) is 5.10 Å². The number of benzene rings is 1. The Balaban J connectivity index is 1.60. The van der Waals surface area contributed by atoms with E-state index in [9.17, 15) is 9.59 Å². The minimum Gasteiger partial charge on any atom is -0.368 e. The molecule has 2 heterocycles. The molecular weight excluding hydrogens is 330 g/mol. The highest BCUT2D eigenvalue weighted by molar-refractivity contribution is 5.87. The summed E-state index contributed by atoms with van der Waals surface area (Å²) in [5, 5.41) is 4.19. The number of carbonyl (C=O) groups is 2. The average molecular weight is 355 g/mol. The Morgan fingerprint density at radius 3 is 2.62 bits per heavy atom. The number of piperazine rings is 1. The second-order valence-electron chi connectivity index (χ2n) is 6.67. The van der Waals surface area contributed by atoms with Crippen LogP contribution in [0.15, 0.2) is 42.6 Å². The van der Waals surface area contributed by atoms with Crippen molar-refractivity contribution < 1.29 is 9.59 Å². The molecule has 0 radical (unpaired) electrons. The highest BCUT2D eigenvalue weighted by Gasteiger charge is 2.33. The first-order valence-electron chi connectivity index (χ1n) is 8.88. The van der Waals surface area contributed by atoms with E-state index in [1.165, 1.54) is 5.56 Å². The maximum Gasteiger partial charge on any atom is 0.241 e. The fourth-order valence-corrected chi connectivity index (χ4v) is 3.34. The summed E-state index contributed by atoms with van der Waals surface area (Å²) < 4.78 is 1.79. The van der Waals surface area contributed by atoms with Crippen LogP contribution in [0.2, 0.25) is 0 Å². The van der Waals surface area contributed by atoms with Crippen LogP contribution in [-0.2, 0) is 22.7 Å². The minimum absolute atomic E-state index is 0.0527. The van der Waals surface area contributed by atoms with Crippen molar-refractivity contribution in [3.63, 3.8) is 0 Å². The molecule has 1 aromatic carbocycles. The molecule has 26 heavy (non-hydrogen) atoms. The summed E-state index contributed by atoms with van der Waals surface area (Å²) >= 11 is 0. The van der Waals surface area contributed by atoms with E-state index in [1.807, 2.05) is 31.2 Å². The van der Waals surface area contributed by atoms with Crippen molar-refractivity contribution >= 4 is 11.8 Å². The summed E-state index contributed by atoms with van der Waals surface area (Å²) in [6.45, 7) is 4.91. The van der Waals surface area contributed by atoms with E-state index < -0.39 is 11.9 Å². The van der Waals surface area contributed by atoms with Crippen LogP contribution in [-0.4, -0.2) is 57.1 Å². The van der Waals surface area contributed by atoms with Crippen molar-refractivity contribution in [1.29, 1.82) is 0 Å². The van der Waals surface area contributed by atoms with Crippen molar-refractivity contribution in [1.82, 2.24) is 19.6 Å². The molecule has 1 atom stereocenters. The van der Waals surface area contributed by atoms with Gasteiger partial charge in [-0.05, 0) is 18.6 Å². The van der Waals surface area contributed by atoms with Crippen LogP contribution in [0.4, 0.5) is 0 Å². The summed E-state index contributed by atoms with van der Waals surface area (Å²) in [5.41, 5.74) is 7.78. The SMILES string of the molecule is Cc1ccnn1CCC(=O)N1CCN(Cc2ccccc2)CC1C(N)=O. The molecule has 2 amide bonds. The minimum atomic E-state index is -0.585. The number of primary amides is 1. The van der Waals surface area contributed by atoms with Gasteiger partial charge in [0.05, 0.1) is 0 Å². The summed E-state index contributed by atoms with van der Waals surface area (Å²) in [7, 11) is 0. The van der Waals surface area contributed by atoms with Gasteiger partial charge < -0.3 is 10.6 Å². The fraction of sp³-hybridized carbons (Fsp3) is 0.421. The molecule has 1 fully saturated rings. The average Bonchev–Trinajstić information content (AvgIpc) is 3.05. The van der Waals surface area contributed by atoms with Gasteiger partial charge in [-0.1, -0.05) is 30.3 Å². The first kappa shape index (κ1) is 18.1. The summed E-state index contributed by atoms with van der Waals surface area (Å²) in [5.74, 6) is -0.505. The quantitative estimate of drug-likeness (QED) is 0.830. The van der Waals surface area contributed by atoms with Gasteiger partial charge in [-0.15, -0.1) is 0 Å². The molecule has 1 aliphatic heterocycles. The molecule has 0 bridgehead atoms. The van der Waals surface area contributed by atoms with Crippen molar-refractivity contribution in [3.8, 4) is 0 Å². The highest BCUT2D eigenvalue weighted by atomic mass is 16.2. The third-order valence-electron chi connectivity index (χ3n) is 4.83. The molecular formula is C19H25N5O2. The van der Waals surface area contributed by atoms with Crippen molar-refractivity contribution in [2.45, 2.75) is 32.5 Å². The summed E-state index contributed by atoms with van der Waals surface area (Å²) in [6.07, 6.45) is 2.03. The largest absolute Gasteiger partial charge is 0.368 e. The van der Waals surface area contributed by atoms with Crippen LogP contribution >= 0.6 is 0 Å². The van der Waals surface area contributed by atoms with Gasteiger partial charge in [0.2, 0.25) is 11.8 Å². The van der Waals surface area contributed by atoms with E-state index >= 15 is 0 Å². The van der Waals surface area contributed by atoms with E-state index in [-0.39, 0.29) is 5.91 Å². The van der Waals surface area contributed by atoms with E-state index in [0.29, 0.717) is 26.1 Å². The van der Waals surface area contributed by atoms with Crippen LogP contribution in [0.25, 0.3) is 0 Å². The molecule has 1 aliphatic rings. The molecule has 138 valence electrons. The topological polar surface area (TPSA) is 84.5 Å². The smallest absolute Gasteiger partial charge is 0.241 e. The lowest BCUT2D eigenvalue weighted by Gasteiger charge is -2.40. The molecule has 1 aromatic heterocycles. The normalized spacial score (nSPS) is 18.0. The maximum absolute atomic E-state index is 12.6. The molecule has 0 aliphatic carbocycles. The first-order valence-corrected chi connectivity index (χ1v) is 8.88. The van der Waals surface area contributed by atoms with Gasteiger partial charge in [0.1, 0.15) is 6.04 Å². The van der Waals surface area contributed by atoms with Gasteiger partial charge in [-0.3, -0.25) is 19.2 Å². The number of hydrogen-bond acceptors (Lipinski definition) is 4. The Bertz CT molecular complexity index is 758. The van der Waals surface area contributed by atoms with E-state index in [0.717, 1.165) is 18.8 Å². The lowest BCUT2D eigenvalue weighted by molar-refractivity contribution is -0.143. The molecule has 7 heteroatoms. The molecule has 2 N–H and O–H groups in total. The Morgan fingerprint density at radius 2 is 1.96 bits per heavy atom. The van der Waals surface area contributed by atoms with Crippen LogP contribution in [0.1, 0.15) is 17.7 Å². The number of carbonyl (C=O) groups excluding carboxylic acids is 2. The summed E-state index contributed by atoms with van der Waals surface area (Å²) in [4.78, 5) is 28.4. The molecule has 1 unspecified atom stereocenters. The van der Waals surface area contributed by atoms with Crippen molar-refractivity contribution in [2.24, 2.45) is 5.73 Å². The Kier molecular flexibility index (Phi) is 5.68. The van der Waals surface area contributed by atoms with Crippen molar-refractivity contribution in [3.05, 3.63) is 53.9 Å². The van der Waals surface area contributed by atoms with Crippen LogP contribution < -0.4 is 5.73 Å². The van der Waals surface area contributed by atoms with E-state index in [4.69, 9.17) is 5.73 Å². The number of aryl methyl sites for hydroxylation is 2. The Morgan fingerprint density at radius 1 is 1.19 bits per heavy atom. The predicted molar refractivity (Wildman–Crippen MR) is 98.0 cm³/mol.